The molecule has 3 rings (SSSR count). The molecule has 0 aromatic rings. The minimum Gasteiger partial charge on any atom is -0.488 e. The summed E-state index contributed by atoms with van der Waals surface area (Å²) >= 11 is 0. The lowest BCUT2D eigenvalue weighted by molar-refractivity contribution is 0.0379. The zero-order chi connectivity index (χ0) is 17.6. The van der Waals surface area contributed by atoms with Crippen LogP contribution in [-0.4, -0.2) is 35.8 Å². The van der Waals surface area contributed by atoms with E-state index >= 15 is 0 Å². The van der Waals surface area contributed by atoms with Crippen molar-refractivity contribution in [2.45, 2.75) is 70.0 Å². The van der Waals surface area contributed by atoms with Crippen LogP contribution in [0.2, 0.25) is 0 Å². The quantitative estimate of drug-likeness (QED) is 0.772. The van der Waals surface area contributed by atoms with Crippen molar-refractivity contribution in [3.63, 3.8) is 0 Å². The minimum absolute atomic E-state index is 0.147. The van der Waals surface area contributed by atoms with Crippen LogP contribution in [0.15, 0.2) is 46.2 Å². The fourth-order valence-electron chi connectivity index (χ4n) is 4.11. The number of ether oxygens (including phenoxy) is 1. The van der Waals surface area contributed by atoms with Crippen LogP contribution in [0, 0.1) is 5.92 Å². The average molecular weight is 342 g/mol. The zero-order valence-electron chi connectivity index (χ0n) is 15.3. The summed E-state index contributed by atoms with van der Waals surface area (Å²) in [7, 11) is 1.81. The van der Waals surface area contributed by atoms with Crippen LogP contribution in [0.3, 0.4) is 0 Å². The van der Waals surface area contributed by atoms with Crippen LogP contribution in [0.25, 0.3) is 0 Å². The molecule has 0 atom stereocenters. The standard InChI is InChI=1S/C21H30N2O2/c1-3-23-21-19(22-2)13-16(15-7-5-4-6-8-15)14-20(21)25-18-11-9-17(24)10-12-18/h3,13-15,17-18,24H,1,4-12H2,2H3/b22-19-,23-21+/t17-,18-. The lowest BCUT2D eigenvalue weighted by atomic mass is 9.81. The SMILES string of the molecule is C=C/N=C1/C(O[C@H]2CC[C@H](O)CC2)=CC(C2CCCCC2)=C/C1=N/C. The third-order valence-corrected chi connectivity index (χ3v) is 5.55. The second-order valence-corrected chi connectivity index (χ2v) is 7.31. The van der Waals surface area contributed by atoms with Gasteiger partial charge in [-0.1, -0.05) is 25.8 Å². The van der Waals surface area contributed by atoms with E-state index in [-0.39, 0.29) is 12.2 Å². The van der Waals surface area contributed by atoms with Gasteiger partial charge in [-0.2, -0.15) is 0 Å². The minimum atomic E-state index is -0.174. The molecule has 3 aliphatic carbocycles. The van der Waals surface area contributed by atoms with Crippen molar-refractivity contribution in [2.75, 3.05) is 7.05 Å². The van der Waals surface area contributed by atoms with Gasteiger partial charge in [0.25, 0.3) is 0 Å². The Bertz CT molecular complexity index is 601. The van der Waals surface area contributed by atoms with Gasteiger partial charge in [0.2, 0.25) is 0 Å². The van der Waals surface area contributed by atoms with E-state index < -0.39 is 0 Å². The first-order valence-corrected chi connectivity index (χ1v) is 9.65. The molecule has 4 heteroatoms. The molecule has 0 heterocycles. The van der Waals surface area contributed by atoms with Crippen molar-refractivity contribution < 1.29 is 9.84 Å². The molecule has 3 aliphatic rings. The molecule has 25 heavy (non-hydrogen) atoms. The molecular weight excluding hydrogens is 312 g/mol. The molecule has 0 bridgehead atoms. The molecular formula is C21H30N2O2. The Labute approximate surface area is 151 Å². The fourth-order valence-corrected chi connectivity index (χ4v) is 4.11. The first-order chi connectivity index (χ1) is 12.2. The van der Waals surface area contributed by atoms with Gasteiger partial charge in [0, 0.05) is 13.2 Å². The van der Waals surface area contributed by atoms with Crippen molar-refractivity contribution in [2.24, 2.45) is 15.9 Å². The first-order valence-electron chi connectivity index (χ1n) is 9.65. The van der Waals surface area contributed by atoms with E-state index in [1.54, 1.807) is 6.20 Å². The summed E-state index contributed by atoms with van der Waals surface area (Å²) in [6, 6.07) is 0. The van der Waals surface area contributed by atoms with Gasteiger partial charge in [0.05, 0.1) is 17.9 Å². The number of nitrogens with zero attached hydrogens (tertiary/aromatic N) is 2. The van der Waals surface area contributed by atoms with Gasteiger partial charge in [-0.15, -0.1) is 0 Å². The van der Waals surface area contributed by atoms with Gasteiger partial charge < -0.3 is 9.84 Å². The van der Waals surface area contributed by atoms with Crippen molar-refractivity contribution in [3.05, 3.63) is 36.3 Å². The highest BCUT2D eigenvalue weighted by Crippen LogP contribution is 2.34. The third kappa shape index (κ3) is 4.49. The number of aliphatic hydroxyl groups excluding tert-OH is 1. The summed E-state index contributed by atoms with van der Waals surface area (Å²) < 4.78 is 6.35. The monoisotopic (exact) mass is 342 g/mol. The van der Waals surface area contributed by atoms with Crippen LogP contribution in [-0.2, 0) is 4.74 Å². The summed E-state index contributed by atoms with van der Waals surface area (Å²) in [6.07, 6.45) is 15.7. The molecule has 0 amide bonds. The Hall–Kier alpha value is -1.68. The number of aliphatic imine (C=N–C) groups is 2. The number of allylic oxidation sites excluding steroid dienone is 4. The average Bonchev–Trinajstić information content (AvgIpc) is 2.65. The molecule has 0 unspecified atom stereocenters. The van der Waals surface area contributed by atoms with Crippen molar-refractivity contribution in [1.29, 1.82) is 0 Å². The van der Waals surface area contributed by atoms with Gasteiger partial charge in [0.1, 0.15) is 11.5 Å². The van der Waals surface area contributed by atoms with Crippen LogP contribution in [0.5, 0.6) is 0 Å². The Balaban J connectivity index is 1.84. The van der Waals surface area contributed by atoms with E-state index in [1.165, 1.54) is 37.7 Å². The van der Waals surface area contributed by atoms with Crippen LogP contribution in [0.1, 0.15) is 57.8 Å². The maximum atomic E-state index is 9.73. The summed E-state index contributed by atoms with van der Waals surface area (Å²) in [6.45, 7) is 3.74. The highest BCUT2D eigenvalue weighted by atomic mass is 16.5. The molecule has 0 aliphatic heterocycles. The van der Waals surface area contributed by atoms with Crippen molar-refractivity contribution in [1.82, 2.24) is 0 Å². The van der Waals surface area contributed by atoms with Crippen molar-refractivity contribution in [3.8, 4) is 0 Å². The second-order valence-electron chi connectivity index (χ2n) is 7.31. The normalized spacial score (nSPS) is 31.6. The summed E-state index contributed by atoms with van der Waals surface area (Å²) in [5.41, 5.74) is 2.99. The largest absolute Gasteiger partial charge is 0.488 e. The van der Waals surface area contributed by atoms with E-state index in [9.17, 15) is 5.11 Å². The van der Waals surface area contributed by atoms with Gasteiger partial charge in [-0.05, 0) is 62.2 Å². The lowest BCUT2D eigenvalue weighted by Gasteiger charge is -2.30. The Morgan fingerprint density at radius 3 is 2.44 bits per heavy atom. The molecule has 0 saturated heterocycles. The maximum Gasteiger partial charge on any atom is 0.147 e. The molecule has 2 saturated carbocycles. The van der Waals surface area contributed by atoms with Gasteiger partial charge in [-0.25, -0.2) is 0 Å². The van der Waals surface area contributed by atoms with Crippen molar-refractivity contribution >= 4 is 11.4 Å². The highest BCUT2D eigenvalue weighted by Gasteiger charge is 2.28. The third-order valence-electron chi connectivity index (χ3n) is 5.55. The number of rotatable bonds is 4. The van der Waals surface area contributed by atoms with E-state index in [1.807, 2.05) is 7.05 Å². The summed E-state index contributed by atoms with van der Waals surface area (Å²) in [5.74, 6) is 1.42. The highest BCUT2D eigenvalue weighted by molar-refractivity contribution is 6.52. The molecule has 0 aromatic heterocycles. The van der Waals surface area contributed by atoms with Gasteiger partial charge in [-0.3, -0.25) is 9.98 Å². The predicted molar refractivity (Wildman–Crippen MR) is 103 cm³/mol. The molecule has 0 radical (unpaired) electrons. The topological polar surface area (TPSA) is 54.2 Å². The molecule has 2 fully saturated rings. The Morgan fingerprint density at radius 1 is 1.08 bits per heavy atom. The molecule has 1 N–H and O–H groups in total. The number of aliphatic hydroxyl groups is 1. The second kappa shape index (κ2) is 8.61. The predicted octanol–water partition coefficient (Wildman–Crippen LogP) is 4.37. The maximum absolute atomic E-state index is 9.73. The Kier molecular flexibility index (Phi) is 6.24. The van der Waals surface area contributed by atoms with Gasteiger partial charge >= 0.3 is 0 Å². The zero-order valence-corrected chi connectivity index (χ0v) is 15.3. The van der Waals surface area contributed by atoms with Gasteiger partial charge in [0.15, 0.2) is 0 Å². The van der Waals surface area contributed by atoms with Crippen LogP contribution < -0.4 is 0 Å². The van der Waals surface area contributed by atoms with Crippen LogP contribution >= 0.6 is 0 Å². The van der Waals surface area contributed by atoms with Crippen LogP contribution in [0.4, 0.5) is 0 Å². The van der Waals surface area contributed by atoms with E-state index in [4.69, 9.17) is 4.74 Å². The molecule has 0 aromatic carbocycles. The summed E-state index contributed by atoms with van der Waals surface area (Å²) in [4.78, 5) is 8.89. The molecule has 0 spiro atoms. The number of hydrogen-bond acceptors (Lipinski definition) is 4. The summed E-state index contributed by atoms with van der Waals surface area (Å²) in [5, 5.41) is 9.73. The van der Waals surface area contributed by atoms with E-state index in [2.05, 4.69) is 28.7 Å². The molecule has 4 nitrogen and oxygen atoms in total. The Morgan fingerprint density at radius 2 is 1.80 bits per heavy atom. The van der Waals surface area contributed by atoms with E-state index in [0.29, 0.717) is 5.92 Å². The fraction of sp³-hybridized carbons (Fsp3) is 0.619. The smallest absolute Gasteiger partial charge is 0.147 e. The van der Waals surface area contributed by atoms with E-state index in [0.717, 1.165) is 42.9 Å². The number of hydrogen-bond donors (Lipinski definition) is 1. The first kappa shape index (κ1) is 18.1. The molecule has 136 valence electrons. The lowest BCUT2D eigenvalue weighted by Crippen LogP contribution is -2.29.